The van der Waals surface area contributed by atoms with E-state index in [4.69, 9.17) is 4.74 Å². The number of rotatable bonds is 4. The van der Waals surface area contributed by atoms with Gasteiger partial charge in [-0.15, -0.1) is 0 Å². The second kappa shape index (κ2) is 8.02. The molecule has 20 heavy (non-hydrogen) atoms. The van der Waals surface area contributed by atoms with Crippen molar-refractivity contribution >= 4 is 35.5 Å². The summed E-state index contributed by atoms with van der Waals surface area (Å²) < 4.78 is 5.12. The maximum absolute atomic E-state index is 11.9. The summed E-state index contributed by atoms with van der Waals surface area (Å²) >= 11 is 3.81. The Hall–Kier alpha value is -0.560. The smallest absolute Gasteiger partial charge is 0.408 e. The van der Waals surface area contributed by atoms with E-state index in [1.165, 1.54) is 5.75 Å². The Morgan fingerprint density at radius 2 is 2.05 bits per heavy atom. The minimum Gasteiger partial charge on any atom is -0.444 e. The van der Waals surface area contributed by atoms with Crippen LogP contribution in [0.15, 0.2) is 0 Å². The highest BCUT2D eigenvalue weighted by atomic mass is 32.2. The number of thioether (sulfide) groups is 2. The molecule has 2 atom stereocenters. The zero-order valence-corrected chi connectivity index (χ0v) is 14.2. The molecular weight excluding hydrogens is 296 g/mol. The molecule has 2 amide bonds. The number of nitrogens with one attached hydrogen (secondary N) is 2. The van der Waals surface area contributed by atoms with Crippen LogP contribution < -0.4 is 10.6 Å². The Morgan fingerprint density at radius 1 is 1.35 bits per heavy atom. The van der Waals surface area contributed by atoms with Gasteiger partial charge < -0.3 is 15.4 Å². The van der Waals surface area contributed by atoms with E-state index in [1.54, 1.807) is 27.7 Å². The molecule has 2 unspecified atom stereocenters. The lowest BCUT2D eigenvalue weighted by molar-refractivity contribution is -0.122. The standard InChI is InChI=1S/C13H24N2O3S2/c1-9(15-12(17)18-13(2,3)4)11(16)14-7-10-8-19-5-6-20-10/h9-10H,5-8H2,1-4H3,(H,14,16)(H,15,17). The van der Waals surface area contributed by atoms with Gasteiger partial charge >= 0.3 is 6.09 Å². The van der Waals surface area contributed by atoms with Crippen LogP contribution in [0.5, 0.6) is 0 Å². The minimum absolute atomic E-state index is 0.174. The SMILES string of the molecule is CC(NC(=O)OC(C)(C)C)C(=O)NCC1CSCCS1. The molecule has 0 aliphatic carbocycles. The first kappa shape index (κ1) is 17.5. The van der Waals surface area contributed by atoms with Gasteiger partial charge in [-0.05, 0) is 27.7 Å². The summed E-state index contributed by atoms with van der Waals surface area (Å²) in [5.41, 5.74) is -0.559. The molecule has 0 saturated carbocycles. The maximum Gasteiger partial charge on any atom is 0.408 e. The zero-order valence-electron chi connectivity index (χ0n) is 12.5. The van der Waals surface area contributed by atoms with Crippen molar-refractivity contribution < 1.29 is 14.3 Å². The highest BCUT2D eigenvalue weighted by molar-refractivity contribution is 8.06. The minimum atomic E-state index is -0.592. The second-order valence-electron chi connectivity index (χ2n) is 5.68. The Bertz CT molecular complexity index is 339. The molecule has 0 bridgehead atoms. The van der Waals surface area contributed by atoms with Crippen LogP contribution in [0.1, 0.15) is 27.7 Å². The fourth-order valence-corrected chi connectivity index (χ4v) is 4.18. The van der Waals surface area contributed by atoms with E-state index in [2.05, 4.69) is 10.6 Å². The number of hydrogen-bond acceptors (Lipinski definition) is 5. The Morgan fingerprint density at radius 3 is 2.60 bits per heavy atom. The molecular formula is C13H24N2O3S2. The lowest BCUT2D eigenvalue weighted by Gasteiger charge is -2.23. The van der Waals surface area contributed by atoms with Gasteiger partial charge in [0.05, 0.1) is 0 Å². The van der Waals surface area contributed by atoms with Gasteiger partial charge in [0.2, 0.25) is 5.91 Å². The fourth-order valence-electron chi connectivity index (χ4n) is 1.57. The van der Waals surface area contributed by atoms with E-state index in [0.29, 0.717) is 11.8 Å². The lowest BCUT2D eigenvalue weighted by atomic mass is 10.2. The van der Waals surface area contributed by atoms with Gasteiger partial charge in [0, 0.05) is 29.1 Å². The monoisotopic (exact) mass is 320 g/mol. The summed E-state index contributed by atoms with van der Waals surface area (Å²) in [6, 6.07) is -0.592. The second-order valence-corrected chi connectivity index (χ2v) is 8.24. The molecule has 0 aromatic heterocycles. The molecule has 5 nitrogen and oxygen atoms in total. The van der Waals surface area contributed by atoms with Crippen molar-refractivity contribution in [2.45, 2.75) is 44.6 Å². The molecule has 1 saturated heterocycles. The molecule has 1 aliphatic rings. The van der Waals surface area contributed by atoms with Crippen molar-refractivity contribution in [3.8, 4) is 0 Å². The Balaban J connectivity index is 2.26. The lowest BCUT2D eigenvalue weighted by Crippen LogP contribution is -2.48. The summed E-state index contributed by atoms with van der Waals surface area (Å²) in [5.74, 6) is 3.22. The van der Waals surface area contributed by atoms with E-state index in [0.717, 1.165) is 11.5 Å². The Kier molecular flexibility index (Phi) is 7.02. The molecule has 1 heterocycles. The van der Waals surface area contributed by atoms with Crippen LogP contribution in [0, 0.1) is 0 Å². The van der Waals surface area contributed by atoms with Crippen molar-refractivity contribution in [3.05, 3.63) is 0 Å². The Labute approximate surface area is 129 Å². The average Bonchev–Trinajstić information content (AvgIpc) is 2.34. The van der Waals surface area contributed by atoms with Gasteiger partial charge in [0.1, 0.15) is 11.6 Å². The fraction of sp³-hybridized carbons (Fsp3) is 0.846. The quantitative estimate of drug-likeness (QED) is 0.828. The van der Waals surface area contributed by atoms with Crippen molar-refractivity contribution in [1.29, 1.82) is 0 Å². The van der Waals surface area contributed by atoms with E-state index in [-0.39, 0.29) is 5.91 Å². The maximum atomic E-state index is 11.9. The van der Waals surface area contributed by atoms with Crippen molar-refractivity contribution in [3.63, 3.8) is 0 Å². The first-order valence-electron chi connectivity index (χ1n) is 6.74. The number of alkyl carbamates (subject to hydrolysis) is 1. The molecule has 1 aliphatic heterocycles. The van der Waals surface area contributed by atoms with Gasteiger partial charge in [-0.25, -0.2) is 4.79 Å². The molecule has 1 rings (SSSR count). The third kappa shape index (κ3) is 7.28. The molecule has 1 fully saturated rings. The number of carbonyl (C=O) groups is 2. The molecule has 0 spiro atoms. The highest BCUT2D eigenvalue weighted by Gasteiger charge is 2.22. The van der Waals surface area contributed by atoms with Gasteiger partial charge in [-0.1, -0.05) is 0 Å². The molecule has 0 aromatic rings. The third-order valence-electron chi connectivity index (χ3n) is 2.52. The van der Waals surface area contributed by atoms with Crippen LogP contribution in [0.4, 0.5) is 4.79 Å². The molecule has 116 valence electrons. The van der Waals surface area contributed by atoms with E-state index in [1.807, 2.05) is 23.5 Å². The van der Waals surface area contributed by atoms with Crippen LogP contribution in [0.2, 0.25) is 0 Å². The van der Waals surface area contributed by atoms with Crippen LogP contribution in [0.3, 0.4) is 0 Å². The van der Waals surface area contributed by atoms with Crippen molar-refractivity contribution in [2.24, 2.45) is 0 Å². The number of ether oxygens (including phenoxy) is 1. The zero-order chi connectivity index (χ0) is 15.2. The van der Waals surface area contributed by atoms with Crippen LogP contribution in [-0.2, 0) is 9.53 Å². The van der Waals surface area contributed by atoms with E-state index < -0.39 is 17.7 Å². The number of amides is 2. The molecule has 0 aromatic carbocycles. The van der Waals surface area contributed by atoms with E-state index >= 15 is 0 Å². The van der Waals surface area contributed by atoms with Crippen LogP contribution in [-0.4, -0.2) is 52.7 Å². The van der Waals surface area contributed by atoms with Crippen molar-refractivity contribution in [2.75, 3.05) is 23.8 Å². The molecule has 2 N–H and O–H groups in total. The first-order valence-corrected chi connectivity index (χ1v) is 8.95. The topological polar surface area (TPSA) is 67.4 Å². The van der Waals surface area contributed by atoms with Gasteiger partial charge in [-0.2, -0.15) is 23.5 Å². The predicted molar refractivity (Wildman–Crippen MR) is 85.4 cm³/mol. The highest BCUT2D eigenvalue weighted by Crippen LogP contribution is 2.23. The summed E-state index contributed by atoms with van der Waals surface area (Å²) in [7, 11) is 0. The summed E-state index contributed by atoms with van der Waals surface area (Å²) in [5, 5.41) is 5.88. The number of hydrogen-bond donors (Lipinski definition) is 2. The van der Waals surface area contributed by atoms with Gasteiger partial charge in [-0.3, -0.25) is 4.79 Å². The number of carbonyl (C=O) groups excluding carboxylic acids is 2. The third-order valence-corrected chi connectivity index (χ3v) is 5.36. The average molecular weight is 320 g/mol. The first-order chi connectivity index (χ1) is 9.28. The summed E-state index contributed by atoms with van der Waals surface area (Å²) in [4.78, 5) is 23.4. The van der Waals surface area contributed by atoms with E-state index in [9.17, 15) is 9.59 Å². The van der Waals surface area contributed by atoms with Crippen LogP contribution in [0.25, 0.3) is 0 Å². The van der Waals surface area contributed by atoms with Gasteiger partial charge in [0.15, 0.2) is 0 Å². The largest absolute Gasteiger partial charge is 0.444 e. The summed E-state index contributed by atoms with van der Waals surface area (Å²) in [6.07, 6.45) is -0.567. The molecule has 0 radical (unpaired) electrons. The predicted octanol–water partition coefficient (Wildman–Crippen LogP) is 1.86. The van der Waals surface area contributed by atoms with Crippen molar-refractivity contribution in [1.82, 2.24) is 10.6 Å². The molecule has 7 heteroatoms. The normalized spacial score (nSPS) is 20.9. The van der Waals surface area contributed by atoms with Gasteiger partial charge in [0.25, 0.3) is 0 Å². The summed E-state index contributed by atoms with van der Waals surface area (Å²) in [6.45, 7) is 7.67. The van der Waals surface area contributed by atoms with Crippen LogP contribution >= 0.6 is 23.5 Å².